The number of carbonyl (C=O) groups is 1. The number of carbonyl (C=O) groups excluding carboxylic acids is 1. The van der Waals surface area contributed by atoms with E-state index in [0.717, 1.165) is 23.7 Å². The first-order valence-electron chi connectivity index (χ1n) is 8.97. The lowest BCUT2D eigenvalue weighted by Gasteiger charge is -2.10. The molecule has 1 aromatic heterocycles. The summed E-state index contributed by atoms with van der Waals surface area (Å²) in [4.78, 5) is 31.2. The number of amides is 1. The smallest absolute Gasteiger partial charge is 0.269 e. The van der Waals surface area contributed by atoms with E-state index in [2.05, 4.69) is 25.9 Å². The van der Waals surface area contributed by atoms with Crippen molar-refractivity contribution in [2.75, 3.05) is 22.5 Å². The molecule has 0 aliphatic carbocycles. The molecule has 0 saturated heterocycles. The molecule has 9 heteroatoms. The van der Waals surface area contributed by atoms with Crippen LogP contribution in [0.1, 0.15) is 23.0 Å². The van der Waals surface area contributed by atoms with Crippen LogP contribution in [-0.4, -0.2) is 27.3 Å². The molecule has 0 spiro atoms. The van der Waals surface area contributed by atoms with E-state index in [1.54, 1.807) is 24.3 Å². The van der Waals surface area contributed by atoms with Crippen molar-refractivity contribution in [3.8, 4) is 0 Å². The number of rotatable bonds is 7. The van der Waals surface area contributed by atoms with Gasteiger partial charge >= 0.3 is 0 Å². The third-order valence-corrected chi connectivity index (χ3v) is 3.95. The van der Waals surface area contributed by atoms with Crippen molar-refractivity contribution in [2.24, 2.45) is 0 Å². The molecule has 148 valence electrons. The SMILES string of the molecule is CCNc1cc(C)nc(Nc2ccc(NC(=O)c3ccc([N+](=O)[O-])cc3)cc2)n1. The normalized spacial score (nSPS) is 10.3. The summed E-state index contributed by atoms with van der Waals surface area (Å²) >= 11 is 0. The highest BCUT2D eigenvalue weighted by atomic mass is 16.6. The maximum Gasteiger partial charge on any atom is 0.269 e. The average Bonchev–Trinajstić information content (AvgIpc) is 2.69. The van der Waals surface area contributed by atoms with Gasteiger partial charge in [0.25, 0.3) is 11.6 Å². The lowest BCUT2D eigenvalue weighted by molar-refractivity contribution is -0.384. The first kappa shape index (κ1) is 19.7. The molecular formula is C20H20N6O3. The summed E-state index contributed by atoms with van der Waals surface area (Å²) in [5.74, 6) is 0.871. The van der Waals surface area contributed by atoms with E-state index in [1.165, 1.54) is 24.3 Å². The van der Waals surface area contributed by atoms with Gasteiger partial charge in [0.1, 0.15) is 5.82 Å². The van der Waals surface area contributed by atoms with Crippen LogP contribution < -0.4 is 16.0 Å². The molecular weight excluding hydrogens is 372 g/mol. The predicted octanol–water partition coefficient (Wildman–Crippen LogP) is 4.12. The third kappa shape index (κ3) is 5.25. The molecule has 0 saturated carbocycles. The van der Waals surface area contributed by atoms with Gasteiger partial charge < -0.3 is 16.0 Å². The zero-order valence-electron chi connectivity index (χ0n) is 16.0. The highest BCUT2D eigenvalue weighted by molar-refractivity contribution is 6.04. The largest absolute Gasteiger partial charge is 0.370 e. The minimum Gasteiger partial charge on any atom is -0.370 e. The number of aromatic nitrogens is 2. The minimum atomic E-state index is -0.507. The second-order valence-corrected chi connectivity index (χ2v) is 6.21. The number of benzene rings is 2. The van der Waals surface area contributed by atoms with Crippen LogP contribution in [0.5, 0.6) is 0 Å². The fraction of sp³-hybridized carbons (Fsp3) is 0.150. The summed E-state index contributed by atoms with van der Waals surface area (Å²) in [6.07, 6.45) is 0. The summed E-state index contributed by atoms with van der Waals surface area (Å²) in [7, 11) is 0. The lowest BCUT2D eigenvalue weighted by Crippen LogP contribution is -2.11. The highest BCUT2D eigenvalue weighted by Crippen LogP contribution is 2.19. The molecule has 0 bridgehead atoms. The van der Waals surface area contributed by atoms with Gasteiger partial charge in [0, 0.05) is 47.4 Å². The zero-order chi connectivity index (χ0) is 20.8. The number of anilines is 4. The topological polar surface area (TPSA) is 122 Å². The van der Waals surface area contributed by atoms with Gasteiger partial charge in [0.15, 0.2) is 0 Å². The van der Waals surface area contributed by atoms with Crippen LogP contribution in [-0.2, 0) is 0 Å². The molecule has 1 heterocycles. The maximum atomic E-state index is 12.3. The third-order valence-electron chi connectivity index (χ3n) is 3.95. The number of aryl methyl sites for hydroxylation is 1. The van der Waals surface area contributed by atoms with Crippen molar-refractivity contribution in [3.05, 3.63) is 76.0 Å². The standard InChI is InChI=1S/C20H20N6O3/c1-3-21-18-12-13(2)22-20(25-18)24-16-8-6-15(7-9-16)23-19(27)14-4-10-17(11-5-14)26(28)29/h4-12H,3H2,1-2H3,(H,23,27)(H2,21,22,24,25). The molecule has 0 atom stereocenters. The Morgan fingerprint density at radius 3 is 2.31 bits per heavy atom. The predicted molar refractivity (Wildman–Crippen MR) is 112 cm³/mol. The van der Waals surface area contributed by atoms with Crippen molar-refractivity contribution in [1.82, 2.24) is 9.97 Å². The van der Waals surface area contributed by atoms with Gasteiger partial charge in [-0.25, -0.2) is 4.98 Å². The fourth-order valence-electron chi connectivity index (χ4n) is 2.60. The summed E-state index contributed by atoms with van der Waals surface area (Å²) < 4.78 is 0. The Hall–Kier alpha value is -4.01. The lowest BCUT2D eigenvalue weighted by atomic mass is 10.2. The van der Waals surface area contributed by atoms with Gasteiger partial charge in [-0.3, -0.25) is 14.9 Å². The van der Waals surface area contributed by atoms with E-state index in [-0.39, 0.29) is 11.6 Å². The Bertz CT molecular complexity index is 1020. The molecule has 3 aromatic rings. The van der Waals surface area contributed by atoms with Crippen molar-refractivity contribution < 1.29 is 9.72 Å². The van der Waals surface area contributed by atoms with E-state index in [1.807, 2.05) is 19.9 Å². The summed E-state index contributed by atoms with van der Waals surface area (Å²) in [6, 6.07) is 14.4. The molecule has 9 nitrogen and oxygen atoms in total. The molecule has 0 aliphatic rings. The van der Waals surface area contributed by atoms with E-state index in [4.69, 9.17) is 0 Å². The van der Waals surface area contributed by atoms with Crippen LogP contribution in [0.3, 0.4) is 0 Å². The number of hydrogen-bond donors (Lipinski definition) is 3. The Morgan fingerprint density at radius 2 is 1.69 bits per heavy atom. The van der Waals surface area contributed by atoms with Crippen LogP contribution in [0, 0.1) is 17.0 Å². The molecule has 0 radical (unpaired) electrons. The van der Waals surface area contributed by atoms with Gasteiger partial charge in [0.2, 0.25) is 5.95 Å². The summed E-state index contributed by atoms with van der Waals surface area (Å²) in [6.45, 7) is 4.65. The first-order chi connectivity index (χ1) is 13.9. The van der Waals surface area contributed by atoms with Crippen molar-refractivity contribution in [3.63, 3.8) is 0 Å². The second kappa shape index (κ2) is 8.79. The van der Waals surface area contributed by atoms with Crippen LogP contribution in [0.15, 0.2) is 54.6 Å². The molecule has 29 heavy (non-hydrogen) atoms. The number of nitro benzene ring substituents is 1. The Balaban J connectivity index is 1.65. The number of hydrogen-bond acceptors (Lipinski definition) is 7. The van der Waals surface area contributed by atoms with Gasteiger partial charge in [-0.2, -0.15) is 4.98 Å². The molecule has 2 aromatic carbocycles. The van der Waals surface area contributed by atoms with Crippen molar-refractivity contribution in [2.45, 2.75) is 13.8 Å². The van der Waals surface area contributed by atoms with Crippen molar-refractivity contribution >= 4 is 34.7 Å². The number of nitro groups is 1. The zero-order valence-corrected chi connectivity index (χ0v) is 16.0. The number of nitrogens with one attached hydrogen (secondary N) is 3. The van der Waals surface area contributed by atoms with Gasteiger partial charge in [-0.05, 0) is 50.2 Å². The van der Waals surface area contributed by atoms with Crippen LogP contribution >= 0.6 is 0 Å². The van der Waals surface area contributed by atoms with Crippen LogP contribution in [0.2, 0.25) is 0 Å². The monoisotopic (exact) mass is 392 g/mol. The van der Waals surface area contributed by atoms with Crippen LogP contribution in [0.25, 0.3) is 0 Å². The van der Waals surface area contributed by atoms with Gasteiger partial charge in [-0.1, -0.05) is 0 Å². The molecule has 0 unspecified atom stereocenters. The Kier molecular flexibility index (Phi) is 5.98. The molecule has 3 rings (SSSR count). The minimum absolute atomic E-state index is 0.0624. The van der Waals surface area contributed by atoms with Crippen LogP contribution in [0.4, 0.5) is 28.8 Å². The van der Waals surface area contributed by atoms with E-state index >= 15 is 0 Å². The van der Waals surface area contributed by atoms with E-state index in [9.17, 15) is 14.9 Å². The molecule has 3 N–H and O–H groups in total. The van der Waals surface area contributed by atoms with E-state index in [0.29, 0.717) is 17.2 Å². The molecule has 0 aliphatic heterocycles. The Morgan fingerprint density at radius 1 is 1.03 bits per heavy atom. The van der Waals surface area contributed by atoms with Gasteiger partial charge in [-0.15, -0.1) is 0 Å². The van der Waals surface area contributed by atoms with E-state index < -0.39 is 4.92 Å². The van der Waals surface area contributed by atoms with Crippen molar-refractivity contribution in [1.29, 1.82) is 0 Å². The maximum absolute atomic E-state index is 12.3. The average molecular weight is 392 g/mol. The highest BCUT2D eigenvalue weighted by Gasteiger charge is 2.10. The second-order valence-electron chi connectivity index (χ2n) is 6.21. The Labute approximate surface area is 167 Å². The van der Waals surface area contributed by atoms with Gasteiger partial charge in [0.05, 0.1) is 4.92 Å². The molecule has 0 fully saturated rings. The fourth-order valence-corrected chi connectivity index (χ4v) is 2.60. The first-order valence-corrected chi connectivity index (χ1v) is 8.97. The number of non-ortho nitro benzene ring substituents is 1. The molecule has 1 amide bonds. The summed E-state index contributed by atoms with van der Waals surface area (Å²) in [5.41, 5.74) is 2.48. The summed E-state index contributed by atoms with van der Waals surface area (Å²) in [5, 5.41) is 19.7. The quantitative estimate of drug-likeness (QED) is 0.408. The number of nitrogens with zero attached hydrogens (tertiary/aromatic N) is 3.